The number of benzene rings is 2. The van der Waals surface area contributed by atoms with E-state index in [4.69, 9.17) is 0 Å². The summed E-state index contributed by atoms with van der Waals surface area (Å²) in [4.78, 5) is 28.4. The molecule has 0 fully saturated rings. The van der Waals surface area contributed by atoms with E-state index in [1.165, 1.54) is 11.3 Å². The summed E-state index contributed by atoms with van der Waals surface area (Å²) >= 11 is 1.45. The lowest BCUT2D eigenvalue weighted by Crippen LogP contribution is -2.13. The molecule has 0 saturated carbocycles. The molecular weight excluding hydrogens is 334 g/mol. The van der Waals surface area contributed by atoms with Crippen LogP contribution in [-0.4, -0.2) is 16.8 Å². The number of carbonyl (C=O) groups is 2. The standard InChI is InChI=1S/C19H19N3O2S/c1-3-4-17(23)20-14-8-6-13(7-9-14)18(24)22-19-21-15-10-5-12(2)11-16(15)25-19/h5-11H,3-4H2,1-2H3,(H,20,23)(H,21,22,24). The number of carbonyl (C=O) groups excluding carboxylic acids is 2. The Balaban J connectivity index is 1.68. The molecule has 3 rings (SSSR count). The van der Waals surface area contributed by atoms with Crippen LogP contribution in [0.5, 0.6) is 0 Å². The average molecular weight is 353 g/mol. The molecule has 128 valence electrons. The highest BCUT2D eigenvalue weighted by Gasteiger charge is 2.10. The molecule has 6 heteroatoms. The van der Waals surface area contributed by atoms with Crippen molar-refractivity contribution in [3.05, 3.63) is 53.6 Å². The highest BCUT2D eigenvalue weighted by atomic mass is 32.1. The summed E-state index contributed by atoms with van der Waals surface area (Å²) in [5.74, 6) is -0.244. The molecule has 2 amide bonds. The van der Waals surface area contributed by atoms with E-state index in [2.05, 4.69) is 21.7 Å². The quantitative estimate of drug-likeness (QED) is 0.704. The van der Waals surface area contributed by atoms with Crippen LogP contribution in [0.2, 0.25) is 0 Å². The van der Waals surface area contributed by atoms with Crippen LogP contribution in [0.1, 0.15) is 35.7 Å². The molecule has 0 bridgehead atoms. The Morgan fingerprint density at radius 3 is 2.56 bits per heavy atom. The van der Waals surface area contributed by atoms with Crippen molar-refractivity contribution in [2.75, 3.05) is 10.6 Å². The number of rotatable bonds is 5. The van der Waals surface area contributed by atoms with E-state index in [0.717, 1.165) is 22.2 Å². The number of hydrogen-bond acceptors (Lipinski definition) is 4. The van der Waals surface area contributed by atoms with Crippen molar-refractivity contribution in [3.8, 4) is 0 Å². The Morgan fingerprint density at radius 1 is 1.08 bits per heavy atom. The van der Waals surface area contributed by atoms with Gasteiger partial charge in [0.05, 0.1) is 10.2 Å². The summed E-state index contributed by atoms with van der Waals surface area (Å²) in [6.07, 6.45) is 1.29. The highest BCUT2D eigenvalue weighted by molar-refractivity contribution is 7.22. The fourth-order valence-corrected chi connectivity index (χ4v) is 3.37. The number of thiazole rings is 1. The molecule has 0 radical (unpaired) electrons. The van der Waals surface area contributed by atoms with Crippen LogP contribution in [-0.2, 0) is 4.79 Å². The first-order chi connectivity index (χ1) is 12.0. The maximum atomic E-state index is 12.4. The van der Waals surface area contributed by atoms with Crippen LogP contribution in [0.25, 0.3) is 10.2 Å². The van der Waals surface area contributed by atoms with Gasteiger partial charge in [0.25, 0.3) is 5.91 Å². The van der Waals surface area contributed by atoms with Crippen molar-refractivity contribution in [1.82, 2.24) is 4.98 Å². The van der Waals surface area contributed by atoms with E-state index < -0.39 is 0 Å². The van der Waals surface area contributed by atoms with Gasteiger partial charge in [0.1, 0.15) is 0 Å². The molecule has 5 nitrogen and oxygen atoms in total. The van der Waals surface area contributed by atoms with Crippen molar-refractivity contribution >= 4 is 44.2 Å². The molecular formula is C19H19N3O2S. The minimum absolute atomic E-state index is 0.0236. The number of hydrogen-bond donors (Lipinski definition) is 2. The summed E-state index contributed by atoms with van der Waals surface area (Å²) in [6, 6.07) is 12.8. The van der Waals surface area contributed by atoms with Gasteiger partial charge in [-0.2, -0.15) is 0 Å². The summed E-state index contributed by atoms with van der Waals surface area (Å²) in [5.41, 5.74) is 3.24. The fraction of sp³-hybridized carbons (Fsp3) is 0.211. The van der Waals surface area contributed by atoms with Gasteiger partial charge in [0.15, 0.2) is 5.13 Å². The lowest BCUT2D eigenvalue weighted by molar-refractivity contribution is -0.116. The third kappa shape index (κ3) is 4.22. The normalized spacial score (nSPS) is 10.6. The maximum absolute atomic E-state index is 12.4. The third-order valence-electron chi connectivity index (χ3n) is 3.67. The second kappa shape index (κ2) is 7.44. The molecule has 0 spiro atoms. The van der Waals surface area contributed by atoms with Gasteiger partial charge in [0.2, 0.25) is 5.91 Å². The van der Waals surface area contributed by atoms with E-state index in [1.54, 1.807) is 24.3 Å². The number of aromatic nitrogens is 1. The number of nitrogens with one attached hydrogen (secondary N) is 2. The molecule has 1 aromatic heterocycles. The minimum atomic E-state index is -0.220. The molecule has 0 atom stereocenters. The van der Waals surface area contributed by atoms with Crippen molar-refractivity contribution in [3.63, 3.8) is 0 Å². The van der Waals surface area contributed by atoms with Gasteiger partial charge in [-0.25, -0.2) is 4.98 Å². The lowest BCUT2D eigenvalue weighted by Gasteiger charge is -2.06. The van der Waals surface area contributed by atoms with Gasteiger partial charge in [0, 0.05) is 17.7 Å². The largest absolute Gasteiger partial charge is 0.326 e. The zero-order valence-electron chi connectivity index (χ0n) is 14.1. The van der Waals surface area contributed by atoms with Gasteiger partial charge in [-0.15, -0.1) is 0 Å². The zero-order valence-corrected chi connectivity index (χ0v) is 14.9. The van der Waals surface area contributed by atoms with Gasteiger partial charge in [-0.05, 0) is 55.3 Å². The average Bonchev–Trinajstić information content (AvgIpc) is 2.97. The molecule has 0 unspecified atom stereocenters. The molecule has 3 aromatic rings. The van der Waals surface area contributed by atoms with Gasteiger partial charge in [-0.1, -0.05) is 24.3 Å². The first-order valence-corrected chi connectivity index (χ1v) is 8.95. The monoisotopic (exact) mass is 353 g/mol. The number of anilines is 2. The van der Waals surface area contributed by atoms with Crippen LogP contribution < -0.4 is 10.6 Å². The summed E-state index contributed by atoms with van der Waals surface area (Å²) in [7, 11) is 0. The van der Waals surface area contributed by atoms with Crippen LogP contribution in [0.4, 0.5) is 10.8 Å². The first kappa shape index (κ1) is 17.1. The first-order valence-electron chi connectivity index (χ1n) is 8.13. The van der Waals surface area contributed by atoms with Crippen LogP contribution in [0, 0.1) is 6.92 Å². The Kier molecular flexibility index (Phi) is 5.09. The van der Waals surface area contributed by atoms with E-state index in [9.17, 15) is 9.59 Å². The van der Waals surface area contributed by atoms with Crippen molar-refractivity contribution in [1.29, 1.82) is 0 Å². The Bertz CT molecular complexity index is 916. The number of nitrogens with zero attached hydrogens (tertiary/aromatic N) is 1. The maximum Gasteiger partial charge on any atom is 0.257 e. The third-order valence-corrected chi connectivity index (χ3v) is 4.61. The van der Waals surface area contributed by atoms with Gasteiger partial charge < -0.3 is 5.32 Å². The van der Waals surface area contributed by atoms with Gasteiger partial charge in [-0.3, -0.25) is 14.9 Å². The SMILES string of the molecule is CCCC(=O)Nc1ccc(C(=O)Nc2nc3ccc(C)cc3s2)cc1. The molecule has 0 aliphatic rings. The van der Waals surface area contributed by atoms with Crippen LogP contribution in [0.3, 0.4) is 0 Å². The number of aryl methyl sites for hydroxylation is 1. The molecule has 2 N–H and O–H groups in total. The number of fused-ring (bicyclic) bond motifs is 1. The Labute approximate surface area is 150 Å². The summed E-state index contributed by atoms with van der Waals surface area (Å²) in [6.45, 7) is 3.98. The van der Waals surface area contributed by atoms with E-state index >= 15 is 0 Å². The van der Waals surface area contributed by atoms with Crippen LogP contribution in [0.15, 0.2) is 42.5 Å². The summed E-state index contributed by atoms with van der Waals surface area (Å²) in [5, 5.41) is 6.20. The Hall–Kier alpha value is -2.73. The lowest BCUT2D eigenvalue weighted by atomic mass is 10.2. The molecule has 2 aromatic carbocycles. The molecule has 25 heavy (non-hydrogen) atoms. The summed E-state index contributed by atoms with van der Waals surface area (Å²) < 4.78 is 1.05. The smallest absolute Gasteiger partial charge is 0.257 e. The molecule has 1 heterocycles. The molecule has 0 saturated heterocycles. The van der Waals surface area contributed by atoms with Crippen molar-refractivity contribution < 1.29 is 9.59 Å². The zero-order chi connectivity index (χ0) is 17.8. The molecule has 0 aliphatic heterocycles. The predicted molar refractivity (Wildman–Crippen MR) is 102 cm³/mol. The topological polar surface area (TPSA) is 71.1 Å². The second-order valence-corrected chi connectivity index (χ2v) is 6.85. The van der Waals surface area contributed by atoms with Crippen molar-refractivity contribution in [2.24, 2.45) is 0 Å². The van der Waals surface area contributed by atoms with E-state index in [0.29, 0.717) is 22.8 Å². The van der Waals surface area contributed by atoms with Gasteiger partial charge >= 0.3 is 0 Å². The predicted octanol–water partition coefficient (Wildman–Crippen LogP) is 4.60. The fourth-order valence-electron chi connectivity index (χ4n) is 2.41. The molecule has 0 aliphatic carbocycles. The number of amides is 2. The van der Waals surface area contributed by atoms with E-state index in [1.807, 2.05) is 26.0 Å². The van der Waals surface area contributed by atoms with Crippen LogP contribution >= 0.6 is 11.3 Å². The Morgan fingerprint density at radius 2 is 1.84 bits per heavy atom. The second-order valence-electron chi connectivity index (χ2n) is 5.82. The highest BCUT2D eigenvalue weighted by Crippen LogP contribution is 2.27. The van der Waals surface area contributed by atoms with E-state index in [-0.39, 0.29) is 11.8 Å². The van der Waals surface area contributed by atoms with Crippen molar-refractivity contribution in [2.45, 2.75) is 26.7 Å². The minimum Gasteiger partial charge on any atom is -0.326 e.